The average molecular weight is 377 g/mol. The van der Waals surface area contributed by atoms with Crippen LogP contribution < -0.4 is 10.2 Å². The van der Waals surface area contributed by atoms with E-state index in [2.05, 4.69) is 5.32 Å². The number of nitrogens with one attached hydrogen (secondary N) is 1. The molecule has 144 valence electrons. The molecule has 0 unspecified atom stereocenters. The van der Waals surface area contributed by atoms with Gasteiger partial charge < -0.3 is 10.2 Å². The van der Waals surface area contributed by atoms with Crippen molar-refractivity contribution in [3.63, 3.8) is 0 Å². The van der Waals surface area contributed by atoms with Crippen LogP contribution in [0.1, 0.15) is 41.8 Å². The van der Waals surface area contributed by atoms with Gasteiger partial charge in [0.25, 0.3) is 11.8 Å². The standard InChI is InChI=1S/C22H23N3O3/c1-3-14(2)23-20(26)15-8-10-18(11-9-15)25-21(27)19-12-16-6-4-5-7-17(16)13-24(19)22(25)28/h4-11,14,19H,3,12-13H2,1-2H3,(H,23,26)/t14-,19-/m0/s1. The smallest absolute Gasteiger partial charge is 0.332 e. The second-order valence-corrected chi connectivity index (χ2v) is 7.40. The number of fused-ring (bicyclic) bond motifs is 2. The lowest BCUT2D eigenvalue weighted by Gasteiger charge is -2.28. The summed E-state index contributed by atoms with van der Waals surface area (Å²) in [5, 5.41) is 2.91. The van der Waals surface area contributed by atoms with E-state index in [4.69, 9.17) is 0 Å². The highest BCUT2D eigenvalue weighted by atomic mass is 16.2. The maximum atomic E-state index is 12.9. The molecule has 1 fully saturated rings. The Morgan fingerprint density at radius 2 is 1.79 bits per heavy atom. The van der Waals surface area contributed by atoms with Crippen molar-refractivity contribution in [1.82, 2.24) is 10.2 Å². The molecule has 28 heavy (non-hydrogen) atoms. The average Bonchev–Trinajstić information content (AvgIpc) is 2.96. The molecule has 2 atom stereocenters. The summed E-state index contributed by atoms with van der Waals surface area (Å²) in [6.07, 6.45) is 1.38. The fourth-order valence-electron chi connectivity index (χ4n) is 3.73. The van der Waals surface area contributed by atoms with E-state index in [1.165, 1.54) is 4.90 Å². The van der Waals surface area contributed by atoms with Crippen LogP contribution >= 0.6 is 0 Å². The van der Waals surface area contributed by atoms with Crippen molar-refractivity contribution in [3.05, 3.63) is 65.2 Å². The summed E-state index contributed by atoms with van der Waals surface area (Å²) in [7, 11) is 0. The normalized spacial score (nSPS) is 19.3. The van der Waals surface area contributed by atoms with E-state index in [9.17, 15) is 14.4 Å². The topological polar surface area (TPSA) is 69.7 Å². The predicted octanol–water partition coefficient (Wildman–Crippen LogP) is 3.11. The van der Waals surface area contributed by atoms with Crippen LogP contribution in [-0.2, 0) is 17.8 Å². The summed E-state index contributed by atoms with van der Waals surface area (Å²) in [6, 6.07) is 13.9. The van der Waals surface area contributed by atoms with Crippen LogP contribution in [0.3, 0.4) is 0 Å². The van der Waals surface area contributed by atoms with Gasteiger partial charge in [-0.1, -0.05) is 31.2 Å². The van der Waals surface area contributed by atoms with Crippen molar-refractivity contribution in [1.29, 1.82) is 0 Å². The molecule has 2 aliphatic rings. The first kappa shape index (κ1) is 18.2. The van der Waals surface area contributed by atoms with Crippen molar-refractivity contribution in [3.8, 4) is 0 Å². The van der Waals surface area contributed by atoms with Gasteiger partial charge in [-0.25, -0.2) is 9.69 Å². The molecule has 0 aliphatic carbocycles. The molecule has 2 aromatic rings. The minimum absolute atomic E-state index is 0.0893. The van der Waals surface area contributed by atoms with Crippen LogP contribution in [0.5, 0.6) is 0 Å². The van der Waals surface area contributed by atoms with Gasteiger partial charge in [-0.15, -0.1) is 0 Å². The van der Waals surface area contributed by atoms with Gasteiger partial charge in [-0.3, -0.25) is 9.59 Å². The number of anilines is 1. The van der Waals surface area contributed by atoms with E-state index < -0.39 is 6.04 Å². The van der Waals surface area contributed by atoms with Crippen LogP contribution in [0.15, 0.2) is 48.5 Å². The minimum Gasteiger partial charge on any atom is -0.350 e. The quantitative estimate of drug-likeness (QED) is 0.833. The first-order chi connectivity index (χ1) is 13.5. The number of hydrogen-bond donors (Lipinski definition) is 1. The maximum absolute atomic E-state index is 12.9. The van der Waals surface area contributed by atoms with E-state index >= 15 is 0 Å². The van der Waals surface area contributed by atoms with E-state index in [1.54, 1.807) is 29.2 Å². The number of benzene rings is 2. The van der Waals surface area contributed by atoms with Gasteiger partial charge in [0.15, 0.2) is 0 Å². The summed E-state index contributed by atoms with van der Waals surface area (Å²) in [6.45, 7) is 4.39. The Bertz CT molecular complexity index is 895. The van der Waals surface area contributed by atoms with E-state index in [1.807, 2.05) is 38.1 Å². The molecule has 1 N–H and O–H groups in total. The molecule has 2 aromatic carbocycles. The summed E-state index contributed by atoms with van der Waals surface area (Å²) in [5.41, 5.74) is 3.20. The van der Waals surface area contributed by atoms with Gasteiger partial charge in [0, 0.05) is 24.6 Å². The predicted molar refractivity (Wildman–Crippen MR) is 106 cm³/mol. The monoisotopic (exact) mass is 377 g/mol. The molecule has 6 nitrogen and oxygen atoms in total. The van der Waals surface area contributed by atoms with Crippen LogP contribution in [0.2, 0.25) is 0 Å². The summed E-state index contributed by atoms with van der Waals surface area (Å²) in [4.78, 5) is 41.0. The number of urea groups is 1. The van der Waals surface area contributed by atoms with E-state index in [-0.39, 0.29) is 23.9 Å². The Morgan fingerprint density at radius 1 is 1.11 bits per heavy atom. The number of carbonyl (C=O) groups excluding carboxylic acids is 3. The molecule has 1 saturated heterocycles. The largest absolute Gasteiger partial charge is 0.350 e. The van der Waals surface area contributed by atoms with Gasteiger partial charge in [0.1, 0.15) is 6.04 Å². The molecule has 4 rings (SSSR count). The molecule has 6 heteroatoms. The number of imide groups is 1. The second-order valence-electron chi connectivity index (χ2n) is 7.40. The summed E-state index contributed by atoms with van der Waals surface area (Å²) < 4.78 is 0. The molecule has 2 heterocycles. The summed E-state index contributed by atoms with van der Waals surface area (Å²) >= 11 is 0. The van der Waals surface area contributed by atoms with Gasteiger partial charge in [0.05, 0.1) is 5.69 Å². The third kappa shape index (κ3) is 3.05. The zero-order valence-electron chi connectivity index (χ0n) is 16.0. The van der Waals surface area contributed by atoms with Crippen molar-refractivity contribution in [2.45, 2.75) is 45.3 Å². The van der Waals surface area contributed by atoms with Crippen LogP contribution in [0.4, 0.5) is 10.5 Å². The molecule has 0 aromatic heterocycles. The third-order valence-electron chi connectivity index (χ3n) is 5.57. The number of hydrogen-bond acceptors (Lipinski definition) is 3. The molecule has 4 amide bonds. The van der Waals surface area contributed by atoms with Crippen molar-refractivity contribution in [2.75, 3.05) is 4.90 Å². The minimum atomic E-state index is -0.462. The van der Waals surface area contributed by atoms with E-state index in [0.717, 1.165) is 17.5 Å². The van der Waals surface area contributed by atoms with Crippen LogP contribution in [0.25, 0.3) is 0 Å². The zero-order chi connectivity index (χ0) is 19.8. The van der Waals surface area contributed by atoms with Gasteiger partial charge in [-0.05, 0) is 48.7 Å². The Morgan fingerprint density at radius 3 is 2.46 bits per heavy atom. The van der Waals surface area contributed by atoms with Crippen molar-refractivity contribution >= 4 is 23.5 Å². The molecular weight excluding hydrogens is 354 g/mol. The molecule has 0 radical (unpaired) electrons. The lowest BCUT2D eigenvalue weighted by Crippen LogP contribution is -2.39. The molecule has 2 aliphatic heterocycles. The van der Waals surface area contributed by atoms with Gasteiger partial charge in [0.2, 0.25) is 0 Å². The third-order valence-corrected chi connectivity index (χ3v) is 5.57. The first-order valence-electron chi connectivity index (χ1n) is 9.62. The highest BCUT2D eigenvalue weighted by Crippen LogP contribution is 2.32. The van der Waals surface area contributed by atoms with E-state index in [0.29, 0.717) is 24.2 Å². The molecule has 0 spiro atoms. The first-order valence-corrected chi connectivity index (χ1v) is 9.62. The van der Waals surface area contributed by atoms with Crippen LogP contribution in [0, 0.1) is 0 Å². The number of amides is 4. The molecule has 0 saturated carbocycles. The number of nitrogens with zero attached hydrogens (tertiary/aromatic N) is 2. The fraction of sp³-hybridized carbons (Fsp3) is 0.318. The Labute approximate surface area is 164 Å². The number of rotatable bonds is 4. The maximum Gasteiger partial charge on any atom is 0.332 e. The molecular formula is C22H23N3O3. The Kier molecular flexibility index (Phi) is 4.63. The molecule has 0 bridgehead atoms. The van der Waals surface area contributed by atoms with Crippen LogP contribution in [-0.4, -0.2) is 34.8 Å². The van der Waals surface area contributed by atoms with Gasteiger partial charge in [-0.2, -0.15) is 0 Å². The van der Waals surface area contributed by atoms with Crippen molar-refractivity contribution in [2.24, 2.45) is 0 Å². The highest BCUT2D eigenvalue weighted by molar-refractivity contribution is 6.21. The Hall–Kier alpha value is -3.15. The highest BCUT2D eigenvalue weighted by Gasteiger charge is 2.47. The summed E-state index contributed by atoms with van der Waals surface area (Å²) in [5.74, 6) is -0.371. The SMILES string of the molecule is CC[C@H](C)NC(=O)c1ccc(N2C(=O)[C@@H]3Cc4ccccc4CN3C2=O)cc1. The second kappa shape index (κ2) is 7.11. The van der Waals surface area contributed by atoms with Gasteiger partial charge >= 0.3 is 6.03 Å². The lowest BCUT2D eigenvalue weighted by atomic mass is 9.95. The zero-order valence-corrected chi connectivity index (χ0v) is 16.0. The Balaban J connectivity index is 1.55. The fourth-order valence-corrected chi connectivity index (χ4v) is 3.73. The number of carbonyl (C=O) groups is 3. The van der Waals surface area contributed by atoms with Crippen molar-refractivity contribution < 1.29 is 14.4 Å². The lowest BCUT2D eigenvalue weighted by molar-refractivity contribution is -0.120.